The van der Waals surface area contributed by atoms with Crippen molar-refractivity contribution >= 4 is 11.9 Å². The summed E-state index contributed by atoms with van der Waals surface area (Å²) < 4.78 is 21.0. The van der Waals surface area contributed by atoms with E-state index >= 15 is 0 Å². The van der Waals surface area contributed by atoms with Gasteiger partial charge in [-0.1, -0.05) is 0 Å². The topological polar surface area (TPSA) is 204 Å². The number of carboxylic acids is 1. The molecule has 0 aromatic carbocycles. The van der Waals surface area contributed by atoms with E-state index in [4.69, 9.17) is 29.2 Å². The highest BCUT2D eigenvalue weighted by molar-refractivity contribution is 5.78. The lowest BCUT2D eigenvalue weighted by Gasteiger charge is -2.46. The monoisotopic (exact) mass is 441 g/mol. The molecule has 1 fully saturated rings. The van der Waals surface area contributed by atoms with E-state index in [1.54, 1.807) is 0 Å². The van der Waals surface area contributed by atoms with Gasteiger partial charge < -0.3 is 54.9 Å². The van der Waals surface area contributed by atoms with Gasteiger partial charge in [-0.2, -0.15) is 0 Å². The Hall–Kier alpha value is -1.42. The Morgan fingerprint density at radius 1 is 1.17 bits per heavy atom. The van der Waals surface area contributed by atoms with E-state index < -0.39 is 67.8 Å². The molecule has 1 aliphatic rings. The largest absolute Gasteiger partial charge is 0.477 e. The van der Waals surface area contributed by atoms with Crippen LogP contribution in [0.5, 0.6) is 0 Å². The molecule has 1 rings (SSSR count). The Morgan fingerprint density at radius 3 is 2.37 bits per heavy atom. The molecule has 0 aliphatic carbocycles. The van der Waals surface area contributed by atoms with Crippen LogP contribution in [-0.4, -0.2) is 125 Å². The summed E-state index contributed by atoms with van der Waals surface area (Å²) in [7, 11) is 0. The number of carboxylic acid groups (broad SMARTS) is 1. The van der Waals surface area contributed by atoms with Crippen LogP contribution in [0.25, 0.3) is 0 Å². The van der Waals surface area contributed by atoms with Crippen LogP contribution in [0, 0.1) is 0 Å². The van der Waals surface area contributed by atoms with E-state index in [-0.39, 0.29) is 19.8 Å². The van der Waals surface area contributed by atoms with Gasteiger partial charge >= 0.3 is 5.97 Å². The Balaban J connectivity index is 2.92. The van der Waals surface area contributed by atoms with Crippen LogP contribution >= 0.6 is 0 Å². The predicted octanol–water partition coefficient (Wildman–Crippen LogP) is -3.82. The molecule has 0 bridgehead atoms. The number of aliphatic hydroxyl groups excluding tert-OH is 5. The number of rotatable bonds is 14. The van der Waals surface area contributed by atoms with E-state index in [9.17, 15) is 30.0 Å². The minimum absolute atomic E-state index is 0.0152. The highest BCUT2D eigenvalue weighted by Crippen LogP contribution is 2.33. The smallest absolute Gasteiger partial charge is 0.364 e. The van der Waals surface area contributed by atoms with Gasteiger partial charge in [0.15, 0.2) is 0 Å². The molecule has 13 heteroatoms. The number of ether oxygens (including phenoxy) is 4. The van der Waals surface area contributed by atoms with Crippen molar-refractivity contribution in [3.8, 4) is 0 Å². The maximum atomic E-state index is 11.9. The van der Waals surface area contributed by atoms with Crippen LogP contribution in [0.3, 0.4) is 0 Å². The lowest BCUT2D eigenvalue weighted by Crippen LogP contribution is -2.68. The van der Waals surface area contributed by atoms with Gasteiger partial charge in [-0.3, -0.25) is 4.79 Å². The second-order valence-electron chi connectivity index (χ2n) is 6.56. The van der Waals surface area contributed by atoms with Gasteiger partial charge in [0, 0.05) is 13.0 Å². The second kappa shape index (κ2) is 13.1. The molecule has 13 nitrogen and oxygen atoms in total. The summed E-state index contributed by atoms with van der Waals surface area (Å²) in [6, 6.07) is -1.39. The van der Waals surface area contributed by atoms with Crippen molar-refractivity contribution in [1.82, 2.24) is 5.32 Å². The average molecular weight is 441 g/mol. The predicted molar refractivity (Wildman–Crippen MR) is 97.2 cm³/mol. The zero-order chi connectivity index (χ0) is 22.7. The highest BCUT2D eigenvalue weighted by atomic mass is 16.7. The summed E-state index contributed by atoms with van der Waals surface area (Å²) in [6.07, 6.45) is -7.55. The maximum absolute atomic E-state index is 11.9. The van der Waals surface area contributed by atoms with Crippen LogP contribution in [0.4, 0.5) is 0 Å². The van der Waals surface area contributed by atoms with E-state index in [0.717, 1.165) is 0 Å². The molecular formula is C17H31NO12. The molecule has 0 radical (unpaired) electrons. The summed E-state index contributed by atoms with van der Waals surface area (Å²) in [4.78, 5) is 23.4. The van der Waals surface area contributed by atoms with Crippen molar-refractivity contribution < 1.29 is 59.2 Å². The van der Waals surface area contributed by atoms with Gasteiger partial charge in [0.2, 0.25) is 5.91 Å². The Kier molecular flexibility index (Phi) is 11.6. The first-order chi connectivity index (χ1) is 14.2. The van der Waals surface area contributed by atoms with Crippen LogP contribution in [0.2, 0.25) is 0 Å². The zero-order valence-corrected chi connectivity index (χ0v) is 16.7. The number of carbonyl (C=O) groups is 2. The second-order valence-corrected chi connectivity index (χ2v) is 6.56. The van der Waals surface area contributed by atoms with Crippen molar-refractivity contribution in [3.63, 3.8) is 0 Å². The quantitative estimate of drug-likeness (QED) is 0.130. The number of aliphatic hydroxyl groups is 5. The third kappa shape index (κ3) is 7.37. The number of amides is 1. The molecule has 0 unspecified atom stereocenters. The molecule has 7 N–H and O–H groups in total. The molecule has 1 heterocycles. The number of hydrogen-bond donors (Lipinski definition) is 7. The number of nitrogens with one attached hydrogen (secondary N) is 1. The van der Waals surface area contributed by atoms with Crippen molar-refractivity contribution in [1.29, 1.82) is 0 Å². The molecule has 176 valence electrons. The molecule has 1 amide bonds. The highest BCUT2D eigenvalue weighted by Gasteiger charge is 2.55. The third-order valence-electron chi connectivity index (χ3n) is 4.43. The summed E-state index contributed by atoms with van der Waals surface area (Å²) in [6.45, 7) is 0.838. The van der Waals surface area contributed by atoms with E-state index in [1.807, 2.05) is 6.92 Å². The fourth-order valence-electron chi connectivity index (χ4n) is 2.90. The first kappa shape index (κ1) is 26.6. The van der Waals surface area contributed by atoms with Crippen LogP contribution < -0.4 is 5.32 Å². The summed E-state index contributed by atoms with van der Waals surface area (Å²) in [5.41, 5.74) is 0. The molecule has 0 saturated carbocycles. The van der Waals surface area contributed by atoms with Gasteiger partial charge in [0.1, 0.15) is 24.9 Å². The summed E-state index contributed by atoms with van der Waals surface area (Å²) in [5, 5.41) is 60.3. The number of aliphatic carboxylic acids is 1. The molecule has 0 aromatic rings. The van der Waals surface area contributed by atoms with Crippen molar-refractivity contribution in [3.05, 3.63) is 0 Å². The first-order valence-electron chi connectivity index (χ1n) is 9.48. The maximum Gasteiger partial charge on any atom is 0.364 e. The van der Waals surface area contributed by atoms with Crippen LogP contribution in [-0.2, 0) is 28.5 Å². The third-order valence-corrected chi connectivity index (χ3v) is 4.43. The molecule has 1 saturated heterocycles. The number of hydrogen-bond acceptors (Lipinski definition) is 11. The van der Waals surface area contributed by atoms with E-state index in [1.165, 1.54) is 0 Å². The van der Waals surface area contributed by atoms with Gasteiger partial charge in [0.05, 0.1) is 45.2 Å². The van der Waals surface area contributed by atoms with Gasteiger partial charge in [-0.15, -0.1) is 0 Å². The molecular weight excluding hydrogens is 410 g/mol. The Morgan fingerprint density at radius 2 is 1.80 bits per heavy atom. The molecule has 6 atom stereocenters. The SMILES string of the molecule is CCOCCOCCO[C@@]1(C(=O)O)C[C@H](O)[C@@H](NC(=O)CO)[C@H]([C@H](O)[C@H](O)CO)O1. The summed E-state index contributed by atoms with van der Waals surface area (Å²) in [5.74, 6) is -4.95. The number of carbonyl (C=O) groups excluding carboxylic acids is 1. The minimum atomic E-state index is -2.41. The Bertz CT molecular complexity index is 535. The molecule has 30 heavy (non-hydrogen) atoms. The normalized spacial score (nSPS) is 28.7. The van der Waals surface area contributed by atoms with Crippen molar-refractivity contribution in [2.24, 2.45) is 0 Å². The molecule has 0 spiro atoms. The molecule has 0 aromatic heterocycles. The van der Waals surface area contributed by atoms with Crippen LogP contribution in [0.1, 0.15) is 13.3 Å². The van der Waals surface area contributed by atoms with E-state index in [0.29, 0.717) is 13.2 Å². The van der Waals surface area contributed by atoms with Crippen LogP contribution in [0.15, 0.2) is 0 Å². The van der Waals surface area contributed by atoms with Gasteiger partial charge in [-0.05, 0) is 6.92 Å². The zero-order valence-electron chi connectivity index (χ0n) is 16.7. The fourth-order valence-corrected chi connectivity index (χ4v) is 2.90. The lowest BCUT2D eigenvalue weighted by atomic mass is 9.88. The summed E-state index contributed by atoms with van der Waals surface area (Å²) >= 11 is 0. The Labute approximate surface area is 173 Å². The minimum Gasteiger partial charge on any atom is -0.477 e. The lowest BCUT2D eigenvalue weighted by molar-refractivity contribution is -0.313. The molecule has 1 aliphatic heterocycles. The fraction of sp³-hybridized carbons (Fsp3) is 0.882. The van der Waals surface area contributed by atoms with E-state index in [2.05, 4.69) is 5.32 Å². The van der Waals surface area contributed by atoms with Crippen molar-refractivity contribution in [2.75, 3.05) is 46.2 Å². The van der Waals surface area contributed by atoms with Gasteiger partial charge in [0.25, 0.3) is 5.79 Å². The first-order valence-corrected chi connectivity index (χ1v) is 9.48. The van der Waals surface area contributed by atoms with Crippen molar-refractivity contribution in [2.45, 2.75) is 49.6 Å². The standard InChI is InChI=1S/C17H31NO12/c1-2-27-3-4-28-5-6-29-17(16(25)26)7-10(21)13(18-12(23)9-20)15(30-17)14(24)11(22)8-19/h10-11,13-15,19-22,24H,2-9H2,1H3,(H,18,23)(H,25,26)/t10-,11+,13+,14+,15+,17-/m0/s1. The van der Waals surface area contributed by atoms with Gasteiger partial charge in [-0.25, -0.2) is 4.79 Å². The average Bonchev–Trinajstić information content (AvgIpc) is 2.73.